The van der Waals surface area contributed by atoms with Gasteiger partial charge in [-0.25, -0.2) is 13.2 Å². The zero-order valence-electron chi connectivity index (χ0n) is 17.7. The van der Waals surface area contributed by atoms with Gasteiger partial charge in [0.1, 0.15) is 0 Å². The largest absolute Gasteiger partial charge is 0.503 e. The molecule has 2 aromatic heterocycles. The first-order valence-corrected chi connectivity index (χ1v) is 11.6. The van der Waals surface area contributed by atoms with Gasteiger partial charge in [0.15, 0.2) is 17.4 Å². The van der Waals surface area contributed by atoms with Crippen LogP contribution in [0.15, 0.2) is 48.8 Å². The molecule has 0 unspecified atom stereocenters. The Balaban J connectivity index is 1.18. The minimum absolute atomic E-state index is 0.141. The summed E-state index contributed by atoms with van der Waals surface area (Å²) in [5.74, 6) is -3.63. The average Bonchev–Trinajstić information content (AvgIpc) is 3.50. The second kappa shape index (κ2) is 8.90. The first kappa shape index (κ1) is 21.5. The van der Waals surface area contributed by atoms with Crippen LogP contribution in [0.4, 0.5) is 8.78 Å². The number of carbonyl (C=O) groups excluding carboxylic acids is 1. The number of hydrogen-bond donors (Lipinski definition) is 2. The van der Waals surface area contributed by atoms with Crippen LogP contribution in [0.1, 0.15) is 42.1 Å². The molecule has 1 aliphatic carbocycles. The van der Waals surface area contributed by atoms with Gasteiger partial charge in [0, 0.05) is 29.9 Å². The Bertz CT molecular complexity index is 1270. The Morgan fingerprint density at radius 3 is 2.58 bits per heavy atom. The fourth-order valence-electron chi connectivity index (χ4n) is 4.39. The van der Waals surface area contributed by atoms with Crippen molar-refractivity contribution in [1.82, 2.24) is 19.5 Å². The van der Waals surface area contributed by atoms with Crippen molar-refractivity contribution in [2.45, 2.75) is 31.7 Å². The van der Waals surface area contributed by atoms with Crippen LogP contribution in [0.3, 0.4) is 0 Å². The van der Waals surface area contributed by atoms with Crippen LogP contribution in [-0.2, 0) is 0 Å². The van der Waals surface area contributed by atoms with E-state index in [1.807, 2.05) is 6.07 Å². The van der Waals surface area contributed by atoms with Crippen molar-refractivity contribution >= 4 is 28.3 Å². The molecule has 0 spiro atoms. The molecule has 33 heavy (non-hydrogen) atoms. The normalized spacial score (nSPS) is 18.5. The first-order chi connectivity index (χ1) is 16.0. The predicted octanol–water partition coefficient (Wildman–Crippen LogP) is 5.30. The van der Waals surface area contributed by atoms with Crippen molar-refractivity contribution in [3.8, 4) is 16.2 Å². The summed E-state index contributed by atoms with van der Waals surface area (Å²) in [5, 5.41) is 17.8. The van der Waals surface area contributed by atoms with Gasteiger partial charge in [0.2, 0.25) is 0 Å². The number of hydrogen-bond acceptors (Lipinski definition) is 5. The maximum Gasteiger partial charge on any atom is 0.251 e. The topological polar surface area (TPSA) is 80.0 Å². The zero-order valence-corrected chi connectivity index (χ0v) is 18.5. The first-order valence-electron chi connectivity index (χ1n) is 10.8. The minimum Gasteiger partial charge on any atom is -0.503 e. The smallest absolute Gasteiger partial charge is 0.251 e. The highest BCUT2D eigenvalue weighted by atomic mass is 32.1. The van der Waals surface area contributed by atoms with E-state index in [0.717, 1.165) is 59.2 Å². The molecule has 1 amide bonds. The number of aromatic hydroxyl groups is 1. The van der Waals surface area contributed by atoms with Crippen LogP contribution in [0, 0.1) is 17.6 Å². The fraction of sp³-hybridized carbons (Fsp3) is 0.292. The molecule has 0 radical (unpaired) electrons. The maximum atomic E-state index is 13.5. The molecule has 1 aliphatic rings. The number of fused-ring (bicyclic) bond motifs is 1. The number of nitrogens with zero attached hydrogens (tertiary/aromatic N) is 3. The van der Waals surface area contributed by atoms with Crippen molar-refractivity contribution in [2.24, 2.45) is 5.92 Å². The molecule has 1 saturated carbocycles. The maximum absolute atomic E-state index is 13.5. The second-order valence-corrected chi connectivity index (χ2v) is 9.27. The number of nitrogens with one attached hydrogen (secondary N) is 1. The number of carbonyl (C=O) groups is 1. The Morgan fingerprint density at radius 1 is 1.12 bits per heavy atom. The lowest BCUT2D eigenvalue weighted by molar-refractivity contribution is 0.0940. The number of halogens is 2. The van der Waals surface area contributed by atoms with Crippen molar-refractivity contribution < 1.29 is 18.7 Å². The lowest BCUT2D eigenvalue weighted by atomic mass is 9.86. The highest BCUT2D eigenvalue weighted by molar-refractivity contribution is 7.09. The van der Waals surface area contributed by atoms with E-state index in [9.17, 15) is 18.7 Å². The molecule has 9 heteroatoms. The van der Waals surface area contributed by atoms with Crippen LogP contribution in [-0.4, -0.2) is 31.7 Å². The summed E-state index contributed by atoms with van der Waals surface area (Å²) in [6, 6.07) is 10.3. The summed E-state index contributed by atoms with van der Waals surface area (Å²) in [6.07, 6.45) is 7.62. The summed E-state index contributed by atoms with van der Waals surface area (Å²) in [5.41, 5.74) is 1.93. The molecule has 1 fully saturated rings. The van der Waals surface area contributed by atoms with E-state index in [0.29, 0.717) is 18.5 Å². The summed E-state index contributed by atoms with van der Waals surface area (Å²) >= 11 is 1.46. The van der Waals surface area contributed by atoms with Crippen LogP contribution >= 0.6 is 11.5 Å². The molecular formula is C24H22F2N4O2S. The summed E-state index contributed by atoms with van der Waals surface area (Å²) in [6.45, 7) is 0.439. The number of amides is 1. The van der Waals surface area contributed by atoms with Gasteiger partial charge in [-0.15, -0.1) is 0 Å². The Kier molecular flexibility index (Phi) is 5.80. The molecule has 170 valence electrons. The Labute approximate surface area is 193 Å². The molecule has 6 nitrogen and oxygen atoms in total. The van der Waals surface area contributed by atoms with E-state index in [2.05, 4.69) is 38.8 Å². The lowest BCUT2D eigenvalue weighted by Gasteiger charge is -2.28. The molecule has 0 bridgehead atoms. The molecule has 0 saturated heterocycles. The third-order valence-corrected chi connectivity index (χ3v) is 7.06. The van der Waals surface area contributed by atoms with Crippen molar-refractivity contribution in [3.63, 3.8) is 0 Å². The van der Waals surface area contributed by atoms with Gasteiger partial charge in [-0.2, -0.15) is 5.10 Å². The number of benzene rings is 2. The molecule has 2 heterocycles. The van der Waals surface area contributed by atoms with Gasteiger partial charge in [0.05, 0.1) is 16.4 Å². The van der Waals surface area contributed by atoms with E-state index in [4.69, 9.17) is 5.10 Å². The SMILES string of the molecule is O=C(NCC1CCC(n2cc3ccc(-c4ccns4)cc3n2)CC1)c1cc(F)c(O)c(F)c1. The van der Waals surface area contributed by atoms with E-state index in [1.165, 1.54) is 11.5 Å². The molecule has 5 rings (SSSR count). The van der Waals surface area contributed by atoms with E-state index >= 15 is 0 Å². The fourth-order valence-corrected chi connectivity index (χ4v) is 4.98. The molecule has 0 aliphatic heterocycles. The number of phenolic OH excluding ortho intramolecular Hbond substituents is 1. The molecule has 2 N–H and O–H groups in total. The number of aromatic nitrogens is 3. The predicted molar refractivity (Wildman–Crippen MR) is 122 cm³/mol. The third-order valence-electron chi connectivity index (χ3n) is 6.27. The monoisotopic (exact) mass is 468 g/mol. The van der Waals surface area contributed by atoms with Gasteiger partial charge in [0.25, 0.3) is 5.91 Å². The molecule has 0 atom stereocenters. The van der Waals surface area contributed by atoms with Crippen molar-refractivity contribution in [1.29, 1.82) is 0 Å². The highest BCUT2D eigenvalue weighted by Gasteiger charge is 2.24. The third kappa shape index (κ3) is 4.45. The van der Waals surface area contributed by atoms with Gasteiger partial charge in [-0.05, 0) is 73.0 Å². The molecule has 4 aromatic rings. The summed E-state index contributed by atoms with van der Waals surface area (Å²) in [4.78, 5) is 13.4. The Hall–Kier alpha value is -3.33. The van der Waals surface area contributed by atoms with E-state index in [-0.39, 0.29) is 5.56 Å². The van der Waals surface area contributed by atoms with Crippen LogP contribution < -0.4 is 5.32 Å². The van der Waals surface area contributed by atoms with Crippen LogP contribution in [0.25, 0.3) is 21.3 Å². The summed E-state index contributed by atoms with van der Waals surface area (Å²) in [7, 11) is 0. The standard InChI is InChI=1S/C24H22F2N4O2S/c25-19-9-17(10-20(26)23(19)31)24(32)27-12-14-1-5-18(6-2-14)30-13-16-4-3-15(11-21(16)29-30)22-7-8-28-33-22/h3-4,7-11,13-14,18,31H,1-2,5-6,12H2,(H,27,32). The average molecular weight is 469 g/mol. The quantitative estimate of drug-likeness (QED) is 0.416. The highest BCUT2D eigenvalue weighted by Crippen LogP contribution is 2.33. The van der Waals surface area contributed by atoms with Gasteiger partial charge >= 0.3 is 0 Å². The van der Waals surface area contributed by atoms with Crippen LogP contribution in [0.2, 0.25) is 0 Å². The van der Waals surface area contributed by atoms with Gasteiger partial charge in [-0.3, -0.25) is 9.48 Å². The van der Waals surface area contributed by atoms with Crippen molar-refractivity contribution in [2.75, 3.05) is 6.54 Å². The number of rotatable bonds is 5. The van der Waals surface area contributed by atoms with Crippen LogP contribution in [0.5, 0.6) is 5.75 Å². The van der Waals surface area contributed by atoms with Gasteiger partial charge in [-0.1, -0.05) is 12.1 Å². The zero-order chi connectivity index (χ0) is 22.9. The van der Waals surface area contributed by atoms with E-state index in [1.54, 1.807) is 6.20 Å². The Morgan fingerprint density at radius 2 is 1.88 bits per heavy atom. The molecule has 2 aromatic carbocycles. The second-order valence-electron chi connectivity index (χ2n) is 8.43. The summed E-state index contributed by atoms with van der Waals surface area (Å²) < 4.78 is 33.2. The van der Waals surface area contributed by atoms with E-state index < -0.39 is 23.3 Å². The lowest BCUT2D eigenvalue weighted by Crippen LogP contribution is -2.31. The number of phenols is 1. The molecular weight excluding hydrogens is 446 g/mol. The minimum atomic E-state index is -1.15. The van der Waals surface area contributed by atoms with Gasteiger partial charge < -0.3 is 10.4 Å². The van der Waals surface area contributed by atoms with Crippen molar-refractivity contribution in [3.05, 3.63) is 66.0 Å².